The molecule has 0 unspecified atom stereocenters. The van der Waals surface area contributed by atoms with Gasteiger partial charge in [0.25, 0.3) is 0 Å². The summed E-state index contributed by atoms with van der Waals surface area (Å²) in [5, 5.41) is 5.94. The molecule has 9 heavy (non-hydrogen) atoms. The maximum absolute atomic E-state index is 10.6. The quantitative estimate of drug-likeness (QED) is 0.502. The normalized spacial score (nSPS) is 17.2. The van der Waals surface area contributed by atoms with Crippen LogP contribution < -0.4 is 10.6 Å². The predicted octanol–water partition coefficient (Wildman–Crippen LogP) is -0.390. The molecular formula is C6H10N2O. The van der Waals surface area contributed by atoms with Gasteiger partial charge in [0.05, 0.1) is 5.70 Å². The molecule has 0 aromatic rings. The first kappa shape index (κ1) is 6.13. The van der Waals surface area contributed by atoms with Crippen molar-refractivity contribution in [3.63, 3.8) is 0 Å². The van der Waals surface area contributed by atoms with Gasteiger partial charge >= 0.3 is 0 Å². The van der Waals surface area contributed by atoms with E-state index in [1.54, 1.807) is 13.1 Å². The van der Waals surface area contributed by atoms with Crippen molar-refractivity contribution in [2.45, 2.75) is 6.92 Å². The molecule has 0 saturated heterocycles. The van der Waals surface area contributed by atoms with Crippen molar-refractivity contribution in [2.24, 2.45) is 0 Å². The van der Waals surface area contributed by atoms with Gasteiger partial charge in [-0.05, 0) is 0 Å². The molecule has 0 aliphatic carbocycles. The van der Waals surface area contributed by atoms with E-state index in [0.29, 0.717) is 5.70 Å². The van der Waals surface area contributed by atoms with Gasteiger partial charge in [-0.1, -0.05) is 0 Å². The third-order valence-electron chi connectivity index (χ3n) is 1.21. The molecule has 1 aliphatic rings. The van der Waals surface area contributed by atoms with Crippen LogP contribution in [-0.4, -0.2) is 18.9 Å². The fourth-order valence-electron chi connectivity index (χ4n) is 0.721. The second-order valence-electron chi connectivity index (χ2n) is 2.00. The van der Waals surface area contributed by atoms with Crippen LogP contribution in [0.15, 0.2) is 11.9 Å². The van der Waals surface area contributed by atoms with E-state index < -0.39 is 0 Å². The molecule has 1 rings (SSSR count). The third kappa shape index (κ3) is 1.45. The van der Waals surface area contributed by atoms with Gasteiger partial charge in [-0.3, -0.25) is 4.79 Å². The number of nitrogens with one attached hydrogen (secondary N) is 2. The average molecular weight is 126 g/mol. The van der Waals surface area contributed by atoms with Gasteiger partial charge in [-0.25, -0.2) is 0 Å². The van der Waals surface area contributed by atoms with E-state index in [1.807, 2.05) is 0 Å². The van der Waals surface area contributed by atoms with E-state index >= 15 is 0 Å². The second-order valence-corrected chi connectivity index (χ2v) is 2.00. The molecule has 0 atom stereocenters. The van der Waals surface area contributed by atoms with Crippen LogP contribution in [0, 0.1) is 0 Å². The number of rotatable bonds is 1. The van der Waals surface area contributed by atoms with Crippen LogP contribution in [0.25, 0.3) is 0 Å². The van der Waals surface area contributed by atoms with Gasteiger partial charge in [0, 0.05) is 26.2 Å². The Kier molecular flexibility index (Phi) is 1.72. The van der Waals surface area contributed by atoms with Crippen LogP contribution in [0.3, 0.4) is 0 Å². The van der Waals surface area contributed by atoms with Crippen molar-refractivity contribution in [1.82, 2.24) is 10.6 Å². The summed E-state index contributed by atoms with van der Waals surface area (Å²) in [5.74, 6) is 0.0854. The summed E-state index contributed by atoms with van der Waals surface area (Å²) in [5.41, 5.74) is 0.682. The lowest BCUT2D eigenvalue weighted by atomic mass is 10.3. The lowest BCUT2D eigenvalue weighted by Gasteiger charge is -2.13. The first-order valence-electron chi connectivity index (χ1n) is 2.99. The van der Waals surface area contributed by atoms with Crippen molar-refractivity contribution < 1.29 is 4.79 Å². The van der Waals surface area contributed by atoms with E-state index in [-0.39, 0.29) is 5.78 Å². The van der Waals surface area contributed by atoms with Gasteiger partial charge in [0.15, 0.2) is 5.78 Å². The summed E-state index contributed by atoms with van der Waals surface area (Å²) < 4.78 is 0. The summed E-state index contributed by atoms with van der Waals surface area (Å²) in [6, 6.07) is 0. The molecule has 0 saturated carbocycles. The highest BCUT2D eigenvalue weighted by Gasteiger charge is 2.04. The molecule has 3 nitrogen and oxygen atoms in total. The van der Waals surface area contributed by atoms with Gasteiger partial charge in [-0.15, -0.1) is 0 Å². The van der Waals surface area contributed by atoms with E-state index in [1.165, 1.54) is 0 Å². The smallest absolute Gasteiger partial charge is 0.177 e. The van der Waals surface area contributed by atoms with Crippen LogP contribution in [0.1, 0.15) is 6.92 Å². The zero-order valence-corrected chi connectivity index (χ0v) is 5.40. The molecule has 0 aromatic heterocycles. The Morgan fingerprint density at radius 3 is 2.78 bits per heavy atom. The molecule has 2 N–H and O–H groups in total. The van der Waals surface area contributed by atoms with Gasteiger partial charge < -0.3 is 10.6 Å². The van der Waals surface area contributed by atoms with Crippen molar-refractivity contribution in [3.8, 4) is 0 Å². The molecule has 0 amide bonds. The van der Waals surface area contributed by atoms with Crippen molar-refractivity contribution in [1.29, 1.82) is 0 Å². The molecule has 0 aromatic carbocycles. The number of ketones is 1. The molecule has 0 fully saturated rings. The molecule has 1 heterocycles. The van der Waals surface area contributed by atoms with Crippen molar-refractivity contribution in [2.75, 3.05) is 13.1 Å². The second kappa shape index (κ2) is 2.53. The molecule has 0 radical (unpaired) electrons. The van der Waals surface area contributed by atoms with Crippen LogP contribution in [0.4, 0.5) is 0 Å². The highest BCUT2D eigenvalue weighted by molar-refractivity contribution is 5.92. The fourth-order valence-corrected chi connectivity index (χ4v) is 0.721. The zero-order valence-electron chi connectivity index (χ0n) is 5.40. The number of hydrogen-bond acceptors (Lipinski definition) is 3. The number of allylic oxidation sites excluding steroid dienone is 1. The van der Waals surface area contributed by atoms with E-state index in [9.17, 15) is 4.79 Å². The molecule has 0 bridgehead atoms. The monoisotopic (exact) mass is 126 g/mol. The first-order chi connectivity index (χ1) is 4.30. The van der Waals surface area contributed by atoms with Crippen LogP contribution >= 0.6 is 0 Å². The Labute approximate surface area is 54.1 Å². The molecule has 50 valence electrons. The molecule has 1 aliphatic heterocycles. The molecule has 3 heteroatoms. The minimum Gasteiger partial charge on any atom is -0.387 e. The van der Waals surface area contributed by atoms with Gasteiger partial charge in [0.1, 0.15) is 0 Å². The minimum absolute atomic E-state index is 0.0854. The average Bonchev–Trinajstić information content (AvgIpc) is 1.90. The standard InChI is InChI=1S/C6H10N2O/c1-5(9)6-4-7-2-3-8-6/h4,7-8H,2-3H2,1H3. The Morgan fingerprint density at radius 1 is 1.67 bits per heavy atom. The lowest BCUT2D eigenvalue weighted by Crippen LogP contribution is -2.33. The summed E-state index contributed by atoms with van der Waals surface area (Å²) in [4.78, 5) is 10.6. The molecular weight excluding hydrogens is 116 g/mol. The minimum atomic E-state index is 0.0854. The highest BCUT2D eigenvalue weighted by Crippen LogP contribution is 1.90. The number of hydrogen-bond donors (Lipinski definition) is 2. The maximum Gasteiger partial charge on any atom is 0.177 e. The largest absolute Gasteiger partial charge is 0.387 e. The summed E-state index contributed by atoms with van der Waals surface area (Å²) >= 11 is 0. The predicted molar refractivity (Wildman–Crippen MR) is 34.8 cm³/mol. The Morgan fingerprint density at radius 2 is 2.44 bits per heavy atom. The van der Waals surface area contributed by atoms with Gasteiger partial charge in [0.2, 0.25) is 0 Å². The Balaban J connectivity index is 2.57. The summed E-state index contributed by atoms with van der Waals surface area (Å²) in [7, 11) is 0. The van der Waals surface area contributed by atoms with Crippen molar-refractivity contribution >= 4 is 5.78 Å². The Bertz CT molecular complexity index is 151. The van der Waals surface area contributed by atoms with E-state index in [0.717, 1.165) is 13.1 Å². The van der Waals surface area contributed by atoms with E-state index in [2.05, 4.69) is 10.6 Å². The topological polar surface area (TPSA) is 41.1 Å². The van der Waals surface area contributed by atoms with Crippen LogP contribution in [0.2, 0.25) is 0 Å². The molecule has 0 spiro atoms. The number of carbonyl (C=O) groups is 1. The SMILES string of the molecule is CC(=O)C1=CNCCN1. The zero-order chi connectivity index (χ0) is 6.69. The maximum atomic E-state index is 10.6. The van der Waals surface area contributed by atoms with Gasteiger partial charge in [-0.2, -0.15) is 0 Å². The van der Waals surface area contributed by atoms with Crippen molar-refractivity contribution in [3.05, 3.63) is 11.9 Å². The third-order valence-corrected chi connectivity index (χ3v) is 1.21. The number of Topliss-reactive ketones (excluding diaryl/α,β-unsaturated/α-hetero) is 1. The first-order valence-corrected chi connectivity index (χ1v) is 2.99. The van der Waals surface area contributed by atoms with Crippen LogP contribution in [0.5, 0.6) is 0 Å². The fraction of sp³-hybridized carbons (Fsp3) is 0.500. The Hall–Kier alpha value is -0.990. The summed E-state index contributed by atoms with van der Waals surface area (Å²) in [6.07, 6.45) is 1.71. The van der Waals surface area contributed by atoms with E-state index in [4.69, 9.17) is 0 Å². The summed E-state index contributed by atoms with van der Waals surface area (Å²) in [6.45, 7) is 3.29. The lowest BCUT2D eigenvalue weighted by molar-refractivity contribution is -0.114. The number of carbonyl (C=O) groups excluding carboxylic acids is 1. The van der Waals surface area contributed by atoms with Crippen LogP contribution in [-0.2, 0) is 4.79 Å². The highest BCUT2D eigenvalue weighted by atomic mass is 16.1.